The lowest BCUT2D eigenvalue weighted by atomic mass is 9.88. The van der Waals surface area contributed by atoms with Crippen molar-refractivity contribution in [1.82, 2.24) is 0 Å². The lowest BCUT2D eigenvalue weighted by molar-refractivity contribution is -0.158. The van der Waals surface area contributed by atoms with Crippen LogP contribution in [0.15, 0.2) is 30.3 Å². The number of aromatic hydroxyl groups is 2. The lowest BCUT2D eigenvalue weighted by Crippen LogP contribution is -2.30. The van der Waals surface area contributed by atoms with Crippen molar-refractivity contribution in [2.45, 2.75) is 82.8 Å². The number of ether oxygens (including phenoxy) is 4. The van der Waals surface area contributed by atoms with Crippen LogP contribution in [0.2, 0.25) is 0 Å². The molecule has 0 bridgehead atoms. The molecule has 0 aromatic heterocycles. The molecule has 4 rings (SSSR count). The zero-order chi connectivity index (χ0) is 28.6. The number of methoxy groups -OCH3 is 2. The molecule has 40 heavy (non-hydrogen) atoms. The van der Waals surface area contributed by atoms with Gasteiger partial charge in [-0.15, -0.1) is 0 Å². The standard InChI is InChI=1S/C32H38O8/c1-20(33)39-26-13-11-24-18-31(38-3)29(35)16-23(24)10-6-9-22(25-12-14-28(34)30(17-25)37-2)15-27(19-26)40-32(36)21-7-4-5-8-21/h12,14,16-18,21-22,26-27,34-35H,4-5,7-8,10-11,13,15,19H2,1-3H3/t22-,26+,27+/m1/s1. The molecule has 0 amide bonds. The van der Waals surface area contributed by atoms with Crippen LogP contribution in [0.5, 0.6) is 23.0 Å². The highest BCUT2D eigenvalue weighted by Gasteiger charge is 2.31. The number of benzene rings is 2. The average molecular weight is 551 g/mol. The Balaban J connectivity index is 1.74. The highest BCUT2D eigenvalue weighted by Crippen LogP contribution is 2.35. The highest BCUT2D eigenvalue weighted by atomic mass is 16.6. The number of hydrogen-bond donors (Lipinski definition) is 2. The lowest BCUT2D eigenvalue weighted by Gasteiger charge is -2.27. The predicted octanol–water partition coefficient (Wildman–Crippen LogP) is 5.20. The SMILES string of the molecule is COc1cc([C@@H]2C#CCc3cc(O)c(OC)cc3CC[C@H](OC(C)=O)C[C@@H](OC(=O)C3CCCC3)C2)ccc1O. The molecule has 0 heterocycles. The first kappa shape index (κ1) is 29.1. The number of carbonyl (C=O) groups is 2. The van der Waals surface area contributed by atoms with Crippen LogP contribution in [0.4, 0.5) is 0 Å². The number of fused-ring (bicyclic) bond motifs is 1. The summed E-state index contributed by atoms with van der Waals surface area (Å²) in [5.74, 6) is 6.26. The molecule has 0 spiro atoms. The van der Waals surface area contributed by atoms with Crippen molar-refractivity contribution in [2.75, 3.05) is 14.2 Å². The van der Waals surface area contributed by atoms with Gasteiger partial charge < -0.3 is 29.2 Å². The highest BCUT2D eigenvalue weighted by molar-refractivity contribution is 5.73. The molecule has 8 heteroatoms. The second-order valence-corrected chi connectivity index (χ2v) is 10.6. The molecule has 0 aliphatic heterocycles. The van der Waals surface area contributed by atoms with E-state index in [0.29, 0.717) is 43.6 Å². The van der Waals surface area contributed by atoms with E-state index < -0.39 is 18.2 Å². The van der Waals surface area contributed by atoms with E-state index in [9.17, 15) is 19.8 Å². The Labute approximate surface area is 235 Å². The summed E-state index contributed by atoms with van der Waals surface area (Å²) >= 11 is 0. The first-order valence-corrected chi connectivity index (χ1v) is 13.9. The summed E-state index contributed by atoms with van der Waals surface area (Å²) < 4.78 is 22.5. The van der Waals surface area contributed by atoms with E-state index in [1.54, 1.807) is 30.3 Å². The van der Waals surface area contributed by atoms with Gasteiger partial charge in [0.25, 0.3) is 0 Å². The first-order valence-electron chi connectivity index (χ1n) is 13.9. The Kier molecular flexibility index (Phi) is 9.81. The molecule has 0 unspecified atom stereocenters. The van der Waals surface area contributed by atoms with Crippen LogP contribution < -0.4 is 9.47 Å². The fraction of sp³-hybridized carbons (Fsp3) is 0.500. The Hall–Kier alpha value is -3.86. The van der Waals surface area contributed by atoms with Crippen molar-refractivity contribution < 1.29 is 38.7 Å². The molecule has 1 fully saturated rings. The molecule has 2 aliphatic carbocycles. The van der Waals surface area contributed by atoms with Crippen molar-refractivity contribution >= 4 is 11.9 Å². The van der Waals surface area contributed by atoms with Gasteiger partial charge in [-0.25, -0.2) is 0 Å². The third-order valence-electron chi connectivity index (χ3n) is 7.73. The zero-order valence-electron chi connectivity index (χ0n) is 23.4. The third kappa shape index (κ3) is 7.41. The van der Waals surface area contributed by atoms with Crippen molar-refractivity contribution in [1.29, 1.82) is 0 Å². The number of phenols is 2. The minimum Gasteiger partial charge on any atom is -0.504 e. The molecule has 2 aromatic rings. The van der Waals surface area contributed by atoms with Gasteiger partial charge in [-0.2, -0.15) is 0 Å². The normalized spacial score (nSPS) is 21.5. The average Bonchev–Trinajstić information content (AvgIpc) is 3.46. The Morgan fingerprint density at radius 3 is 2.27 bits per heavy atom. The second kappa shape index (κ2) is 13.5. The van der Waals surface area contributed by atoms with E-state index in [1.165, 1.54) is 21.1 Å². The van der Waals surface area contributed by atoms with Crippen molar-refractivity contribution in [2.24, 2.45) is 5.92 Å². The third-order valence-corrected chi connectivity index (χ3v) is 7.73. The predicted molar refractivity (Wildman–Crippen MR) is 148 cm³/mol. The molecule has 3 atom stereocenters. The monoisotopic (exact) mass is 550 g/mol. The first-order chi connectivity index (χ1) is 19.3. The molecule has 0 saturated heterocycles. The van der Waals surface area contributed by atoms with E-state index in [2.05, 4.69) is 11.8 Å². The Morgan fingerprint density at radius 1 is 0.850 bits per heavy atom. The van der Waals surface area contributed by atoms with Gasteiger partial charge >= 0.3 is 11.9 Å². The van der Waals surface area contributed by atoms with E-state index in [-0.39, 0.29) is 29.3 Å². The summed E-state index contributed by atoms with van der Waals surface area (Å²) in [4.78, 5) is 25.2. The van der Waals surface area contributed by atoms with Gasteiger partial charge in [0.15, 0.2) is 23.0 Å². The van der Waals surface area contributed by atoms with Gasteiger partial charge in [0.2, 0.25) is 0 Å². The summed E-state index contributed by atoms with van der Waals surface area (Å²) in [5, 5.41) is 20.6. The topological polar surface area (TPSA) is 112 Å². The maximum atomic E-state index is 13.1. The summed E-state index contributed by atoms with van der Waals surface area (Å²) in [6, 6.07) is 8.55. The molecule has 2 aromatic carbocycles. The maximum Gasteiger partial charge on any atom is 0.309 e. The number of esters is 2. The summed E-state index contributed by atoms with van der Waals surface area (Å²) in [7, 11) is 2.98. The maximum absolute atomic E-state index is 13.1. The fourth-order valence-corrected chi connectivity index (χ4v) is 5.62. The summed E-state index contributed by atoms with van der Waals surface area (Å²) in [6.07, 6.45) is 4.80. The van der Waals surface area contributed by atoms with Crippen LogP contribution in [0.25, 0.3) is 0 Å². The molecular formula is C32H38O8. The van der Waals surface area contributed by atoms with Gasteiger partial charge in [-0.1, -0.05) is 30.7 Å². The molecule has 1 saturated carbocycles. The fourth-order valence-electron chi connectivity index (χ4n) is 5.62. The molecule has 214 valence electrons. The second-order valence-electron chi connectivity index (χ2n) is 10.6. The summed E-state index contributed by atoms with van der Waals surface area (Å²) in [6.45, 7) is 1.38. The van der Waals surface area contributed by atoms with Crippen LogP contribution in [0.3, 0.4) is 0 Å². The Bertz CT molecular complexity index is 1270. The number of phenolic OH excluding ortho intramolecular Hbond substituents is 2. The van der Waals surface area contributed by atoms with Crippen LogP contribution in [0, 0.1) is 17.8 Å². The molecule has 8 nitrogen and oxygen atoms in total. The molecule has 2 N–H and O–H groups in total. The van der Waals surface area contributed by atoms with E-state index in [0.717, 1.165) is 42.4 Å². The van der Waals surface area contributed by atoms with Gasteiger partial charge in [0, 0.05) is 32.1 Å². The van der Waals surface area contributed by atoms with Crippen LogP contribution in [-0.2, 0) is 31.9 Å². The van der Waals surface area contributed by atoms with Crippen molar-refractivity contribution in [3.8, 4) is 34.8 Å². The van der Waals surface area contributed by atoms with Crippen LogP contribution >= 0.6 is 0 Å². The quantitative estimate of drug-likeness (QED) is 0.373. The number of hydrogen-bond acceptors (Lipinski definition) is 8. The summed E-state index contributed by atoms with van der Waals surface area (Å²) in [5.41, 5.74) is 2.60. The minimum absolute atomic E-state index is 0.0184. The molecule has 0 radical (unpaired) electrons. The Morgan fingerprint density at radius 2 is 1.57 bits per heavy atom. The van der Waals surface area contributed by atoms with Crippen LogP contribution in [0.1, 0.15) is 74.5 Å². The van der Waals surface area contributed by atoms with Crippen molar-refractivity contribution in [3.05, 3.63) is 47.0 Å². The van der Waals surface area contributed by atoms with E-state index in [1.807, 2.05) is 0 Å². The zero-order valence-corrected chi connectivity index (χ0v) is 23.4. The van der Waals surface area contributed by atoms with E-state index >= 15 is 0 Å². The van der Waals surface area contributed by atoms with Gasteiger partial charge in [-0.3, -0.25) is 9.59 Å². The van der Waals surface area contributed by atoms with Gasteiger partial charge in [0.05, 0.1) is 20.1 Å². The molecule has 2 aliphatic rings. The number of rotatable bonds is 6. The van der Waals surface area contributed by atoms with Crippen LogP contribution in [-0.4, -0.2) is 48.6 Å². The number of aryl methyl sites for hydroxylation is 1. The largest absolute Gasteiger partial charge is 0.504 e. The molecular weight excluding hydrogens is 512 g/mol. The van der Waals surface area contributed by atoms with Crippen molar-refractivity contribution in [3.63, 3.8) is 0 Å². The minimum atomic E-state index is -0.537. The number of carbonyl (C=O) groups excluding carboxylic acids is 2. The van der Waals surface area contributed by atoms with Gasteiger partial charge in [-0.05, 0) is 66.6 Å². The smallest absolute Gasteiger partial charge is 0.309 e. The van der Waals surface area contributed by atoms with Gasteiger partial charge in [0.1, 0.15) is 12.2 Å². The van der Waals surface area contributed by atoms with E-state index in [4.69, 9.17) is 18.9 Å².